The molecule has 22 heavy (non-hydrogen) atoms. The van der Waals surface area contributed by atoms with Crippen molar-refractivity contribution in [2.75, 3.05) is 17.8 Å². The van der Waals surface area contributed by atoms with Crippen molar-refractivity contribution >= 4 is 29.0 Å². The summed E-state index contributed by atoms with van der Waals surface area (Å²) in [6.45, 7) is 2.33. The average molecular weight is 324 g/mol. The molecule has 0 aliphatic heterocycles. The number of amides is 1. The fourth-order valence-electron chi connectivity index (χ4n) is 2.75. The second kappa shape index (κ2) is 8.18. The van der Waals surface area contributed by atoms with Crippen LogP contribution in [0.5, 0.6) is 5.75 Å². The fraction of sp³-hybridized carbons (Fsp3) is 0.529. The van der Waals surface area contributed by atoms with Crippen LogP contribution in [0, 0.1) is 5.92 Å². The van der Waals surface area contributed by atoms with Gasteiger partial charge < -0.3 is 10.1 Å². The molecule has 1 aromatic rings. The van der Waals surface area contributed by atoms with E-state index in [1.165, 1.54) is 6.42 Å². The zero-order chi connectivity index (χ0) is 15.9. The van der Waals surface area contributed by atoms with Gasteiger partial charge in [-0.2, -0.15) is 0 Å². The van der Waals surface area contributed by atoms with E-state index < -0.39 is 0 Å². The third-order valence-corrected chi connectivity index (χ3v) is 4.20. The van der Waals surface area contributed by atoms with Gasteiger partial charge in [-0.25, -0.2) is 0 Å². The molecule has 0 atom stereocenters. The van der Waals surface area contributed by atoms with E-state index in [0.717, 1.165) is 25.7 Å². The molecule has 5 heteroatoms. The lowest BCUT2D eigenvalue weighted by molar-refractivity contribution is -0.120. The Balaban J connectivity index is 2.14. The smallest absolute Gasteiger partial charge is 0.227 e. The minimum Gasteiger partial charge on any atom is -0.492 e. The van der Waals surface area contributed by atoms with Gasteiger partial charge in [-0.1, -0.05) is 19.3 Å². The van der Waals surface area contributed by atoms with E-state index in [0.29, 0.717) is 23.6 Å². The number of Topliss-reactive ketones (excluding diaryl/α,β-unsaturated/α-hetero) is 1. The van der Waals surface area contributed by atoms with Gasteiger partial charge in [-0.05, 0) is 38.0 Å². The van der Waals surface area contributed by atoms with Crippen molar-refractivity contribution in [3.05, 3.63) is 23.8 Å². The Kier molecular flexibility index (Phi) is 6.25. The SMILES string of the molecule is CCOc1cc(C(=O)CCl)ccc1NC(=O)C1CCCCC1. The summed E-state index contributed by atoms with van der Waals surface area (Å²) in [4.78, 5) is 24.0. The van der Waals surface area contributed by atoms with Crippen LogP contribution in [0.2, 0.25) is 0 Å². The summed E-state index contributed by atoms with van der Waals surface area (Å²) in [6, 6.07) is 5.03. The van der Waals surface area contributed by atoms with Crippen LogP contribution in [0.4, 0.5) is 5.69 Å². The van der Waals surface area contributed by atoms with Crippen molar-refractivity contribution < 1.29 is 14.3 Å². The summed E-state index contributed by atoms with van der Waals surface area (Å²) in [7, 11) is 0. The maximum absolute atomic E-state index is 12.3. The lowest BCUT2D eigenvalue weighted by Gasteiger charge is -2.21. The standard InChI is InChI=1S/C17H22ClNO3/c1-2-22-16-10-13(15(20)11-18)8-9-14(16)19-17(21)12-6-4-3-5-7-12/h8-10,12H,2-7,11H2,1H3,(H,19,21). The number of carbonyl (C=O) groups excluding carboxylic acids is 2. The van der Waals surface area contributed by atoms with Gasteiger partial charge in [0, 0.05) is 11.5 Å². The zero-order valence-electron chi connectivity index (χ0n) is 12.9. The molecule has 1 aromatic carbocycles. The number of hydrogen-bond acceptors (Lipinski definition) is 3. The van der Waals surface area contributed by atoms with Crippen LogP contribution in [-0.2, 0) is 4.79 Å². The van der Waals surface area contributed by atoms with E-state index in [9.17, 15) is 9.59 Å². The number of ether oxygens (including phenoxy) is 1. The Bertz CT molecular complexity index is 539. The van der Waals surface area contributed by atoms with Gasteiger partial charge in [-0.3, -0.25) is 9.59 Å². The molecule has 0 saturated heterocycles. The van der Waals surface area contributed by atoms with Crippen LogP contribution < -0.4 is 10.1 Å². The largest absolute Gasteiger partial charge is 0.492 e. The molecule has 0 radical (unpaired) electrons. The Morgan fingerprint density at radius 2 is 2.00 bits per heavy atom. The van der Waals surface area contributed by atoms with Gasteiger partial charge in [-0.15, -0.1) is 11.6 Å². The third-order valence-electron chi connectivity index (χ3n) is 3.96. The Labute approximate surface area is 136 Å². The Morgan fingerprint density at radius 1 is 1.27 bits per heavy atom. The molecule has 1 fully saturated rings. The van der Waals surface area contributed by atoms with Gasteiger partial charge in [0.2, 0.25) is 5.91 Å². The average Bonchev–Trinajstić information content (AvgIpc) is 2.56. The van der Waals surface area contributed by atoms with Gasteiger partial charge in [0.1, 0.15) is 5.75 Å². The van der Waals surface area contributed by atoms with Gasteiger partial charge in [0.25, 0.3) is 0 Å². The number of nitrogens with one attached hydrogen (secondary N) is 1. The molecule has 1 saturated carbocycles. The van der Waals surface area contributed by atoms with Crippen molar-refractivity contribution in [1.82, 2.24) is 0 Å². The fourth-order valence-corrected chi connectivity index (χ4v) is 2.90. The summed E-state index contributed by atoms with van der Waals surface area (Å²) in [5, 5.41) is 2.94. The number of hydrogen-bond donors (Lipinski definition) is 1. The van der Waals surface area contributed by atoms with Crippen molar-refractivity contribution in [1.29, 1.82) is 0 Å². The van der Waals surface area contributed by atoms with E-state index in [1.807, 2.05) is 6.92 Å². The monoisotopic (exact) mass is 323 g/mol. The molecule has 0 aromatic heterocycles. The molecule has 0 bridgehead atoms. The maximum atomic E-state index is 12.3. The molecule has 1 N–H and O–H groups in total. The second-order valence-electron chi connectivity index (χ2n) is 5.52. The minimum atomic E-state index is -0.159. The Morgan fingerprint density at radius 3 is 2.64 bits per heavy atom. The van der Waals surface area contributed by atoms with Crippen LogP contribution in [-0.4, -0.2) is 24.2 Å². The number of rotatable bonds is 6. The molecule has 4 nitrogen and oxygen atoms in total. The molecule has 120 valence electrons. The molecule has 0 unspecified atom stereocenters. The summed E-state index contributed by atoms with van der Waals surface area (Å²) in [6.07, 6.45) is 5.32. The van der Waals surface area contributed by atoms with Crippen LogP contribution in [0.3, 0.4) is 0 Å². The first-order valence-corrected chi connectivity index (χ1v) is 8.36. The number of halogens is 1. The molecular formula is C17H22ClNO3. The van der Waals surface area contributed by atoms with Gasteiger partial charge in [0.05, 0.1) is 18.2 Å². The summed E-state index contributed by atoms with van der Waals surface area (Å²) in [5.74, 6) is 0.402. The van der Waals surface area contributed by atoms with Crippen LogP contribution in [0.1, 0.15) is 49.4 Å². The number of alkyl halides is 1. The lowest BCUT2D eigenvalue weighted by Crippen LogP contribution is -2.25. The van der Waals surface area contributed by atoms with Gasteiger partial charge >= 0.3 is 0 Å². The van der Waals surface area contributed by atoms with Gasteiger partial charge in [0.15, 0.2) is 5.78 Å². The highest BCUT2D eigenvalue weighted by atomic mass is 35.5. The zero-order valence-corrected chi connectivity index (χ0v) is 13.6. The molecule has 2 rings (SSSR count). The van der Waals surface area contributed by atoms with Crippen molar-refractivity contribution in [3.8, 4) is 5.75 Å². The van der Waals surface area contributed by atoms with Crippen molar-refractivity contribution in [2.45, 2.75) is 39.0 Å². The highest BCUT2D eigenvalue weighted by Crippen LogP contribution is 2.29. The molecule has 1 aliphatic carbocycles. The van der Waals surface area contributed by atoms with E-state index >= 15 is 0 Å². The summed E-state index contributed by atoms with van der Waals surface area (Å²) in [5.41, 5.74) is 1.11. The number of anilines is 1. The molecular weight excluding hydrogens is 302 g/mol. The van der Waals surface area contributed by atoms with E-state index in [2.05, 4.69) is 5.32 Å². The van der Waals surface area contributed by atoms with Crippen LogP contribution in [0.25, 0.3) is 0 Å². The minimum absolute atomic E-state index is 0.0390. The Hall–Kier alpha value is -1.55. The topological polar surface area (TPSA) is 55.4 Å². The maximum Gasteiger partial charge on any atom is 0.227 e. The lowest BCUT2D eigenvalue weighted by atomic mass is 9.88. The van der Waals surface area contributed by atoms with Crippen LogP contribution in [0.15, 0.2) is 18.2 Å². The molecule has 0 heterocycles. The first kappa shape index (κ1) is 16.8. The highest BCUT2D eigenvalue weighted by molar-refractivity contribution is 6.30. The number of ketones is 1. The highest BCUT2D eigenvalue weighted by Gasteiger charge is 2.22. The number of benzene rings is 1. The van der Waals surface area contributed by atoms with Crippen molar-refractivity contribution in [2.24, 2.45) is 5.92 Å². The van der Waals surface area contributed by atoms with E-state index in [1.54, 1.807) is 18.2 Å². The summed E-state index contributed by atoms with van der Waals surface area (Å²) < 4.78 is 5.55. The predicted molar refractivity (Wildman–Crippen MR) is 87.9 cm³/mol. The molecule has 1 aliphatic rings. The summed E-state index contributed by atoms with van der Waals surface area (Å²) >= 11 is 5.58. The van der Waals surface area contributed by atoms with Crippen LogP contribution >= 0.6 is 11.6 Å². The molecule has 0 spiro atoms. The predicted octanol–water partition coefficient (Wildman–Crippen LogP) is 4.03. The second-order valence-corrected chi connectivity index (χ2v) is 5.79. The van der Waals surface area contributed by atoms with E-state index in [4.69, 9.17) is 16.3 Å². The first-order valence-electron chi connectivity index (χ1n) is 7.82. The number of carbonyl (C=O) groups is 2. The van der Waals surface area contributed by atoms with E-state index in [-0.39, 0.29) is 23.5 Å². The molecule has 1 amide bonds. The first-order chi connectivity index (χ1) is 10.7. The quantitative estimate of drug-likeness (QED) is 0.635. The third kappa shape index (κ3) is 4.23. The normalized spacial score (nSPS) is 15.4. The van der Waals surface area contributed by atoms with Crippen molar-refractivity contribution in [3.63, 3.8) is 0 Å².